The van der Waals surface area contributed by atoms with Crippen LogP contribution in [0.3, 0.4) is 0 Å². The Morgan fingerprint density at radius 2 is 1.64 bits per heavy atom. The normalized spacial score (nSPS) is 42.9. The Labute approximate surface area is 91.9 Å². The quantitative estimate of drug-likeness (QED) is 0.615. The highest BCUT2D eigenvalue weighted by Gasteiger charge is 2.49. The van der Waals surface area contributed by atoms with Crippen LogP contribution in [0.1, 0.15) is 51.9 Å². The van der Waals surface area contributed by atoms with E-state index in [9.17, 15) is 0 Å². The van der Waals surface area contributed by atoms with E-state index in [4.69, 9.17) is 11.6 Å². The van der Waals surface area contributed by atoms with E-state index >= 15 is 0 Å². The molecular weight excluding hydrogens is 194 g/mol. The van der Waals surface area contributed by atoms with E-state index in [0.717, 1.165) is 5.17 Å². The van der Waals surface area contributed by atoms with Crippen molar-refractivity contribution in [3.05, 3.63) is 0 Å². The monoisotopic (exact) mass is 213 g/mol. The molecule has 14 heavy (non-hydrogen) atoms. The predicted octanol–water partition coefficient (Wildman–Crippen LogP) is 4.00. The Balaban J connectivity index is 2.16. The molecule has 3 aliphatic rings. The SMILES string of the molecule is CCC12CCC(C(Cl)=NC)(CC1)CC2. The Bertz CT molecular complexity index is 233. The number of rotatable bonds is 2. The topological polar surface area (TPSA) is 12.4 Å². The molecule has 2 bridgehead atoms. The lowest BCUT2D eigenvalue weighted by Gasteiger charge is -2.52. The summed E-state index contributed by atoms with van der Waals surface area (Å²) in [6, 6.07) is 0. The highest BCUT2D eigenvalue weighted by Crippen LogP contribution is 2.59. The van der Waals surface area contributed by atoms with Crippen LogP contribution in [-0.2, 0) is 0 Å². The molecule has 0 amide bonds. The molecule has 0 atom stereocenters. The first-order valence-corrected chi connectivity index (χ1v) is 6.17. The second kappa shape index (κ2) is 3.52. The summed E-state index contributed by atoms with van der Waals surface area (Å²) in [5.74, 6) is 0. The molecule has 1 nitrogen and oxygen atoms in total. The summed E-state index contributed by atoms with van der Waals surface area (Å²) < 4.78 is 0. The van der Waals surface area contributed by atoms with Gasteiger partial charge in [0.05, 0.1) is 0 Å². The molecule has 3 fully saturated rings. The van der Waals surface area contributed by atoms with Gasteiger partial charge in [0.2, 0.25) is 0 Å². The lowest BCUT2D eigenvalue weighted by atomic mass is 9.53. The number of nitrogens with zero attached hydrogens (tertiary/aromatic N) is 1. The van der Waals surface area contributed by atoms with Gasteiger partial charge in [-0.3, -0.25) is 4.99 Å². The zero-order valence-electron chi connectivity index (χ0n) is 9.27. The fraction of sp³-hybridized carbons (Fsp3) is 0.917. The third-order valence-electron chi connectivity index (χ3n) is 4.79. The third-order valence-corrected chi connectivity index (χ3v) is 5.36. The predicted molar refractivity (Wildman–Crippen MR) is 62.1 cm³/mol. The molecule has 0 aromatic carbocycles. The van der Waals surface area contributed by atoms with Crippen LogP contribution >= 0.6 is 11.6 Å². The molecule has 0 heterocycles. The first-order valence-electron chi connectivity index (χ1n) is 5.79. The van der Waals surface area contributed by atoms with Gasteiger partial charge < -0.3 is 0 Å². The van der Waals surface area contributed by atoms with Crippen LogP contribution in [0.2, 0.25) is 0 Å². The van der Waals surface area contributed by atoms with Crippen molar-refractivity contribution >= 4 is 16.8 Å². The van der Waals surface area contributed by atoms with E-state index in [1.807, 2.05) is 7.05 Å². The van der Waals surface area contributed by atoms with E-state index in [2.05, 4.69) is 11.9 Å². The average Bonchev–Trinajstić information content (AvgIpc) is 2.30. The number of hydrogen-bond acceptors (Lipinski definition) is 1. The van der Waals surface area contributed by atoms with Crippen LogP contribution in [0.4, 0.5) is 0 Å². The highest BCUT2D eigenvalue weighted by molar-refractivity contribution is 6.66. The fourth-order valence-electron chi connectivity index (χ4n) is 3.34. The molecule has 0 unspecified atom stereocenters. The lowest BCUT2D eigenvalue weighted by molar-refractivity contribution is 0.0316. The molecule has 3 saturated carbocycles. The Morgan fingerprint density at radius 3 is 2.00 bits per heavy atom. The van der Waals surface area contributed by atoms with E-state index in [-0.39, 0.29) is 5.41 Å². The number of fused-ring (bicyclic) bond motifs is 3. The molecule has 3 rings (SSSR count). The maximum Gasteiger partial charge on any atom is 0.106 e. The molecule has 0 aromatic rings. The second-order valence-corrected chi connectivity index (χ2v) is 5.51. The van der Waals surface area contributed by atoms with Crippen LogP contribution in [0, 0.1) is 10.8 Å². The summed E-state index contributed by atoms with van der Waals surface area (Å²) in [6.07, 6.45) is 9.29. The fourth-order valence-corrected chi connectivity index (χ4v) is 3.62. The van der Waals surface area contributed by atoms with Gasteiger partial charge in [0, 0.05) is 12.5 Å². The smallest absolute Gasteiger partial charge is 0.106 e. The van der Waals surface area contributed by atoms with Gasteiger partial charge in [-0.2, -0.15) is 0 Å². The van der Waals surface area contributed by atoms with Crippen LogP contribution in [0.25, 0.3) is 0 Å². The van der Waals surface area contributed by atoms with Crippen molar-refractivity contribution in [2.45, 2.75) is 51.9 Å². The van der Waals surface area contributed by atoms with Crippen molar-refractivity contribution < 1.29 is 0 Å². The van der Waals surface area contributed by atoms with Crippen LogP contribution in [0.5, 0.6) is 0 Å². The van der Waals surface area contributed by atoms with E-state index in [1.165, 1.54) is 44.9 Å². The molecule has 2 heteroatoms. The van der Waals surface area contributed by atoms with Crippen LogP contribution < -0.4 is 0 Å². The van der Waals surface area contributed by atoms with Gasteiger partial charge in [0.15, 0.2) is 0 Å². The molecule has 0 aromatic heterocycles. The van der Waals surface area contributed by atoms with E-state index in [1.54, 1.807) is 0 Å². The van der Waals surface area contributed by atoms with Gasteiger partial charge in [-0.15, -0.1) is 0 Å². The maximum absolute atomic E-state index is 6.26. The van der Waals surface area contributed by atoms with Crippen molar-refractivity contribution in [3.63, 3.8) is 0 Å². The summed E-state index contributed by atoms with van der Waals surface area (Å²) in [7, 11) is 1.83. The van der Waals surface area contributed by atoms with Crippen molar-refractivity contribution in [1.29, 1.82) is 0 Å². The molecule has 0 saturated heterocycles. The Kier molecular flexibility index (Phi) is 2.63. The van der Waals surface area contributed by atoms with Gasteiger partial charge in [-0.05, 0) is 43.9 Å². The molecule has 0 radical (unpaired) electrons. The van der Waals surface area contributed by atoms with E-state index < -0.39 is 0 Å². The molecule has 3 aliphatic carbocycles. The largest absolute Gasteiger partial charge is 0.280 e. The minimum absolute atomic E-state index is 0.285. The van der Waals surface area contributed by atoms with Crippen LogP contribution in [0.15, 0.2) is 4.99 Å². The van der Waals surface area contributed by atoms with Gasteiger partial charge in [-0.1, -0.05) is 24.9 Å². The summed E-state index contributed by atoms with van der Waals surface area (Å²) in [6.45, 7) is 2.34. The highest BCUT2D eigenvalue weighted by atomic mass is 35.5. The molecule has 0 spiro atoms. The summed E-state index contributed by atoms with van der Waals surface area (Å²) >= 11 is 6.26. The van der Waals surface area contributed by atoms with Crippen molar-refractivity contribution in [1.82, 2.24) is 0 Å². The summed E-state index contributed by atoms with van der Waals surface area (Å²) in [4.78, 5) is 4.21. The molecular formula is C12H20ClN. The zero-order valence-corrected chi connectivity index (χ0v) is 10.0. The lowest BCUT2D eigenvalue weighted by Crippen LogP contribution is -2.44. The number of aliphatic imine (C=N–C) groups is 1. The van der Waals surface area contributed by atoms with Crippen LogP contribution in [-0.4, -0.2) is 12.2 Å². The van der Waals surface area contributed by atoms with Gasteiger partial charge >= 0.3 is 0 Å². The standard InChI is InChI=1S/C12H20ClN/c1-3-11-4-7-12(8-5-11,9-6-11)10(13)14-2/h3-9H2,1-2H3. The first-order chi connectivity index (χ1) is 6.66. The summed E-state index contributed by atoms with van der Waals surface area (Å²) in [5.41, 5.74) is 0.958. The number of hydrogen-bond donors (Lipinski definition) is 0. The zero-order chi connectivity index (χ0) is 10.2. The van der Waals surface area contributed by atoms with Crippen molar-refractivity contribution in [3.8, 4) is 0 Å². The average molecular weight is 214 g/mol. The third kappa shape index (κ3) is 1.41. The second-order valence-electron chi connectivity index (χ2n) is 5.15. The Morgan fingerprint density at radius 1 is 1.14 bits per heavy atom. The van der Waals surface area contributed by atoms with Crippen molar-refractivity contribution in [2.24, 2.45) is 15.8 Å². The Hall–Kier alpha value is -0.0400. The molecule has 0 N–H and O–H groups in total. The maximum atomic E-state index is 6.26. The first kappa shape index (κ1) is 10.5. The van der Waals surface area contributed by atoms with Gasteiger partial charge in [0.25, 0.3) is 0 Å². The van der Waals surface area contributed by atoms with Crippen molar-refractivity contribution in [2.75, 3.05) is 7.05 Å². The minimum Gasteiger partial charge on any atom is -0.280 e. The minimum atomic E-state index is 0.285. The molecule has 0 aliphatic heterocycles. The van der Waals surface area contributed by atoms with Gasteiger partial charge in [-0.25, -0.2) is 0 Å². The van der Waals surface area contributed by atoms with Gasteiger partial charge in [0.1, 0.15) is 5.17 Å². The molecule has 80 valence electrons. The van der Waals surface area contributed by atoms with E-state index in [0.29, 0.717) is 5.41 Å². The number of halogens is 1. The summed E-state index contributed by atoms with van der Waals surface area (Å²) in [5, 5.41) is 0.891.